The van der Waals surface area contributed by atoms with Gasteiger partial charge < -0.3 is 18.9 Å². The molecule has 0 saturated heterocycles. The number of hydrogen-bond donors (Lipinski definition) is 1. The average Bonchev–Trinajstić information content (AvgIpc) is 3.40. The first kappa shape index (κ1) is 26.6. The Bertz CT molecular complexity index is 1380. The summed E-state index contributed by atoms with van der Waals surface area (Å²) in [5, 5.41) is 13.4. The second-order valence-corrected chi connectivity index (χ2v) is 8.69. The van der Waals surface area contributed by atoms with Gasteiger partial charge in [-0.25, -0.2) is 5.43 Å². The van der Waals surface area contributed by atoms with Crippen LogP contribution in [-0.4, -0.2) is 61.1 Å². The van der Waals surface area contributed by atoms with Crippen LogP contribution in [0.25, 0.3) is 17.1 Å². The number of hydrazone groups is 1. The number of rotatable bonds is 11. The number of nitrogens with zero attached hydrogens (tertiary/aromatic N) is 4. The van der Waals surface area contributed by atoms with E-state index in [-0.39, 0.29) is 11.7 Å². The van der Waals surface area contributed by atoms with Crippen molar-refractivity contribution in [1.29, 1.82) is 0 Å². The highest BCUT2D eigenvalue weighted by Crippen LogP contribution is 2.37. The number of methoxy groups -OCH3 is 4. The van der Waals surface area contributed by atoms with Crippen molar-refractivity contribution in [3.63, 3.8) is 0 Å². The first-order valence-corrected chi connectivity index (χ1v) is 12.5. The van der Waals surface area contributed by atoms with E-state index >= 15 is 0 Å². The maximum atomic E-state index is 12.6. The summed E-state index contributed by atoms with van der Waals surface area (Å²) in [6, 6.07) is 20.8. The van der Waals surface area contributed by atoms with Crippen LogP contribution in [0.2, 0.25) is 0 Å². The molecule has 0 aliphatic rings. The Hall–Kier alpha value is -4.51. The Morgan fingerprint density at radius 3 is 2.21 bits per heavy atom. The minimum Gasteiger partial charge on any atom is -0.497 e. The molecule has 0 fully saturated rings. The van der Waals surface area contributed by atoms with E-state index in [9.17, 15) is 4.79 Å². The fraction of sp³-hybridized carbons (Fsp3) is 0.185. The van der Waals surface area contributed by atoms with Crippen LogP contribution in [0.5, 0.6) is 23.0 Å². The third-order valence-electron chi connectivity index (χ3n) is 5.42. The number of thioether (sulfide) groups is 1. The maximum Gasteiger partial charge on any atom is 0.250 e. The molecule has 10 nitrogen and oxygen atoms in total. The van der Waals surface area contributed by atoms with Crippen molar-refractivity contribution in [1.82, 2.24) is 20.2 Å². The molecular weight excluding hydrogens is 506 g/mol. The minimum atomic E-state index is -0.302. The van der Waals surface area contributed by atoms with Crippen LogP contribution in [0.15, 0.2) is 77.0 Å². The fourth-order valence-electron chi connectivity index (χ4n) is 3.62. The van der Waals surface area contributed by atoms with Crippen molar-refractivity contribution in [2.75, 3.05) is 34.2 Å². The van der Waals surface area contributed by atoms with Crippen LogP contribution in [-0.2, 0) is 4.79 Å². The summed E-state index contributed by atoms with van der Waals surface area (Å²) < 4.78 is 23.2. The summed E-state index contributed by atoms with van der Waals surface area (Å²) in [6.45, 7) is 0. The third-order valence-corrected chi connectivity index (χ3v) is 6.35. The number of carbonyl (C=O) groups excluding carboxylic acids is 1. The van der Waals surface area contributed by atoms with E-state index in [0.717, 1.165) is 17.0 Å². The van der Waals surface area contributed by atoms with Gasteiger partial charge in [-0.1, -0.05) is 42.1 Å². The zero-order chi connectivity index (χ0) is 26.9. The van der Waals surface area contributed by atoms with Crippen molar-refractivity contribution < 1.29 is 23.7 Å². The van der Waals surface area contributed by atoms with Gasteiger partial charge in [0, 0.05) is 16.8 Å². The van der Waals surface area contributed by atoms with Crippen molar-refractivity contribution in [2.24, 2.45) is 5.10 Å². The number of nitrogens with one attached hydrogen (secondary N) is 1. The first-order chi connectivity index (χ1) is 18.6. The highest BCUT2D eigenvalue weighted by atomic mass is 32.2. The molecule has 0 aliphatic carbocycles. The SMILES string of the molecule is COc1ccc(-n2c(SCC(=O)N/N=C\c3cc(OC)c(OC)c(OC)c3)nnc2-c2ccccc2)cc1. The topological polar surface area (TPSA) is 109 Å². The summed E-state index contributed by atoms with van der Waals surface area (Å²) >= 11 is 1.25. The van der Waals surface area contributed by atoms with E-state index < -0.39 is 0 Å². The van der Waals surface area contributed by atoms with Crippen LogP contribution in [0.4, 0.5) is 0 Å². The van der Waals surface area contributed by atoms with Crippen LogP contribution < -0.4 is 24.4 Å². The van der Waals surface area contributed by atoms with Crippen molar-refractivity contribution in [3.8, 4) is 40.1 Å². The predicted molar refractivity (Wildman–Crippen MR) is 146 cm³/mol. The quantitative estimate of drug-likeness (QED) is 0.174. The van der Waals surface area contributed by atoms with E-state index in [1.54, 1.807) is 19.2 Å². The molecule has 0 aliphatic heterocycles. The average molecular weight is 534 g/mol. The molecule has 1 N–H and O–H groups in total. The zero-order valence-corrected chi connectivity index (χ0v) is 22.2. The van der Waals surface area contributed by atoms with Crippen LogP contribution in [0.3, 0.4) is 0 Å². The highest BCUT2D eigenvalue weighted by molar-refractivity contribution is 7.99. The van der Waals surface area contributed by atoms with Gasteiger partial charge in [0.15, 0.2) is 22.5 Å². The van der Waals surface area contributed by atoms with Gasteiger partial charge in [0.1, 0.15) is 5.75 Å². The van der Waals surface area contributed by atoms with E-state index in [1.807, 2.05) is 59.2 Å². The Kier molecular flexibility index (Phi) is 8.83. The molecule has 1 aromatic heterocycles. The standard InChI is InChI=1S/C27H27N5O5S/c1-34-21-12-10-20(11-13-21)32-26(19-8-6-5-7-9-19)30-31-27(32)38-17-24(33)29-28-16-18-14-22(35-2)25(37-4)23(15-18)36-3/h5-16H,17H2,1-4H3,(H,29,33)/b28-16-. The molecule has 0 atom stereocenters. The molecule has 4 rings (SSSR count). The molecule has 4 aromatic rings. The lowest BCUT2D eigenvalue weighted by Gasteiger charge is -2.12. The number of hydrogen-bond acceptors (Lipinski definition) is 9. The normalized spacial score (nSPS) is 10.8. The Labute approximate surface area is 224 Å². The van der Waals surface area contributed by atoms with Gasteiger partial charge >= 0.3 is 0 Å². The molecule has 0 radical (unpaired) electrons. The number of aromatic nitrogens is 3. The van der Waals surface area contributed by atoms with Gasteiger partial charge in [-0.05, 0) is 36.4 Å². The number of ether oxygens (including phenoxy) is 4. The van der Waals surface area contributed by atoms with Crippen LogP contribution in [0, 0.1) is 0 Å². The van der Waals surface area contributed by atoms with E-state index in [4.69, 9.17) is 18.9 Å². The molecule has 196 valence electrons. The summed E-state index contributed by atoms with van der Waals surface area (Å²) in [4.78, 5) is 12.6. The summed E-state index contributed by atoms with van der Waals surface area (Å²) in [5.41, 5.74) is 4.96. The monoisotopic (exact) mass is 533 g/mol. The number of benzene rings is 3. The van der Waals surface area contributed by atoms with E-state index in [0.29, 0.717) is 33.8 Å². The maximum absolute atomic E-state index is 12.6. The van der Waals surface area contributed by atoms with Crippen molar-refractivity contribution >= 4 is 23.9 Å². The van der Waals surface area contributed by atoms with Crippen molar-refractivity contribution in [3.05, 3.63) is 72.3 Å². The lowest BCUT2D eigenvalue weighted by Crippen LogP contribution is -2.20. The molecular formula is C27H27N5O5S. The Morgan fingerprint density at radius 2 is 1.61 bits per heavy atom. The predicted octanol–water partition coefficient (Wildman–Crippen LogP) is 4.21. The van der Waals surface area contributed by atoms with Gasteiger partial charge in [0.05, 0.1) is 40.4 Å². The first-order valence-electron chi connectivity index (χ1n) is 11.5. The largest absolute Gasteiger partial charge is 0.497 e. The molecule has 0 unspecified atom stereocenters. The smallest absolute Gasteiger partial charge is 0.250 e. The summed E-state index contributed by atoms with van der Waals surface area (Å²) in [7, 11) is 6.22. The van der Waals surface area contributed by atoms with E-state index in [2.05, 4.69) is 20.7 Å². The fourth-order valence-corrected chi connectivity index (χ4v) is 4.36. The van der Waals surface area contributed by atoms with Crippen LogP contribution in [0.1, 0.15) is 5.56 Å². The summed E-state index contributed by atoms with van der Waals surface area (Å²) in [5.74, 6) is 2.63. The van der Waals surface area contributed by atoms with Gasteiger partial charge in [-0.2, -0.15) is 5.10 Å². The molecule has 0 bridgehead atoms. The van der Waals surface area contributed by atoms with Crippen molar-refractivity contribution in [2.45, 2.75) is 5.16 Å². The molecule has 38 heavy (non-hydrogen) atoms. The highest BCUT2D eigenvalue weighted by Gasteiger charge is 2.17. The molecule has 1 heterocycles. The van der Waals surface area contributed by atoms with E-state index in [1.165, 1.54) is 39.3 Å². The lowest BCUT2D eigenvalue weighted by atomic mass is 10.2. The van der Waals surface area contributed by atoms with Gasteiger partial charge in [0.2, 0.25) is 5.75 Å². The molecule has 0 spiro atoms. The van der Waals surface area contributed by atoms with Crippen LogP contribution >= 0.6 is 11.8 Å². The van der Waals surface area contributed by atoms with Gasteiger partial charge in [-0.3, -0.25) is 9.36 Å². The lowest BCUT2D eigenvalue weighted by molar-refractivity contribution is -0.118. The zero-order valence-electron chi connectivity index (χ0n) is 21.4. The van der Waals surface area contributed by atoms with Gasteiger partial charge in [0.25, 0.3) is 5.91 Å². The molecule has 11 heteroatoms. The molecule has 3 aromatic carbocycles. The summed E-state index contributed by atoms with van der Waals surface area (Å²) in [6.07, 6.45) is 1.50. The Morgan fingerprint density at radius 1 is 0.921 bits per heavy atom. The van der Waals surface area contributed by atoms with Gasteiger partial charge in [-0.15, -0.1) is 10.2 Å². The molecule has 1 amide bonds. The molecule has 0 saturated carbocycles. The second-order valence-electron chi connectivity index (χ2n) is 7.75. The second kappa shape index (κ2) is 12.6. The minimum absolute atomic E-state index is 0.0790. The third kappa shape index (κ3) is 6.06. The Balaban J connectivity index is 1.49. The number of amides is 1. The number of carbonyl (C=O) groups is 1.